The van der Waals surface area contributed by atoms with Gasteiger partial charge in [0.2, 0.25) is 0 Å². The van der Waals surface area contributed by atoms with Crippen LogP contribution in [0.15, 0.2) is 73.8 Å². The largest absolute Gasteiger partial charge is 0.485 e. The van der Waals surface area contributed by atoms with Gasteiger partial charge in [0.1, 0.15) is 11.9 Å². The van der Waals surface area contributed by atoms with Crippen LogP contribution in [-0.4, -0.2) is 44.7 Å². The third-order valence-corrected chi connectivity index (χ3v) is 7.33. The quantitative estimate of drug-likeness (QED) is 0.171. The van der Waals surface area contributed by atoms with E-state index in [-0.39, 0.29) is 0 Å². The molecule has 0 aliphatic carbocycles. The van der Waals surface area contributed by atoms with E-state index in [0.717, 1.165) is 11.1 Å². The summed E-state index contributed by atoms with van der Waals surface area (Å²) >= 11 is 0. The predicted molar refractivity (Wildman–Crippen MR) is 130 cm³/mol. The van der Waals surface area contributed by atoms with Crippen LogP contribution in [0, 0.1) is 5.41 Å². The van der Waals surface area contributed by atoms with Crippen LogP contribution in [0.2, 0.25) is 0 Å². The predicted octanol–water partition coefficient (Wildman–Crippen LogP) is 3.46. The normalized spacial score (nSPS) is 14.7. The smallest absolute Gasteiger partial charge is 0.481 e. The number of ether oxygens (including phenoxy) is 1. The molecule has 5 N–H and O–H groups in total. The van der Waals surface area contributed by atoms with Crippen LogP contribution in [0.1, 0.15) is 22.8 Å². The topological polar surface area (TPSA) is 163 Å². The summed E-state index contributed by atoms with van der Waals surface area (Å²) in [7, 11) is -10.6. The van der Waals surface area contributed by atoms with E-state index in [0.29, 0.717) is 24.2 Å². The van der Waals surface area contributed by atoms with Crippen molar-refractivity contribution in [2.45, 2.75) is 18.9 Å². The second kappa shape index (κ2) is 12.7. The summed E-state index contributed by atoms with van der Waals surface area (Å²) in [6.45, 7) is 5.08. The van der Waals surface area contributed by atoms with Crippen LogP contribution in [0.25, 0.3) is 0 Å². The Kier molecular flexibility index (Phi) is 10.6. The van der Waals surface area contributed by atoms with E-state index in [1.165, 1.54) is 0 Å². The standard InChI is InChI=1S/C23H30O10P2/c1-3-9-18-11-5-7-13-20(18)22(32-21-14-8-6-12-19(21)10-4-2)23(15-24,16-25)17-31-35(29,30)33-34(26,27)28/h3-8,11-14,22,24-25H,1-2,9-10,15-17H2,(H,29,30)(H2,26,27,28). The van der Waals surface area contributed by atoms with Gasteiger partial charge in [0.25, 0.3) is 0 Å². The number of para-hydroxylation sites is 1. The van der Waals surface area contributed by atoms with E-state index in [1.807, 2.05) is 12.1 Å². The number of hydrogen-bond acceptors (Lipinski definition) is 7. The van der Waals surface area contributed by atoms with Gasteiger partial charge in [-0.15, -0.1) is 13.2 Å². The molecular weight excluding hydrogens is 498 g/mol. The van der Waals surface area contributed by atoms with Gasteiger partial charge in [-0.05, 0) is 35.6 Å². The minimum absolute atomic E-state index is 0.413. The Morgan fingerprint density at radius 2 is 1.43 bits per heavy atom. The van der Waals surface area contributed by atoms with E-state index in [9.17, 15) is 24.2 Å². The highest BCUT2D eigenvalue weighted by Gasteiger charge is 2.45. The molecule has 0 saturated carbocycles. The monoisotopic (exact) mass is 528 g/mol. The Labute approximate surface area is 204 Å². The highest BCUT2D eigenvalue weighted by molar-refractivity contribution is 7.60. The lowest BCUT2D eigenvalue weighted by Gasteiger charge is -2.39. The number of phosphoric ester groups is 1. The Morgan fingerprint density at radius 1 is 0.886 bits per heavy atom. The molecule has 0 heterocycles. The third kappa shape index (κ3) is 8.22. The number of allylic oxidation sites excluding steroid dienone is 2. The van der Waals surface area contributed by atoms with E-state index < -0.39 is 47.0 Å². The molecule has 0 radical (unpaired) electrons. The van der Waals surface area contributed by atoms with E-state index in [1.54, 1.807) is 48.6 Å². The molecule has 2 rings (SSSR count). The van der Waals surface area contributed by atoms with Crippen molar-refractivity contribution < 1.29 is 47.6 Å². The van der Waals surface area contributed by atoms with Gasteiger partial charge in [-0.1, -0.05) is 54.6 Å². The summed E-state index contributed by atoms with van der Waals surface area (Å²) in [5.74, 6) is 0.413. The molecule has 0 aromatic heterocycles. The van der Waals surface area contributed by atoms with Crippen molar-refractivity contribution in [2.24, 2.45) is 5.41 Å². The second-order valence-electron chi connectivity index (χ2n) is 7.78. The van der Waals surface area contributed by atoms with E-state index >= 15 is 0 Å². The molecule has 2 aromatic carbocycles. The number of rotatable bonds is 15. The van der Waals surface area contributed by atoms with Gasteiger partial charge < -0.3 is 29.6 Å². The molecule has 0 aliphatic rings. The maximum Gasteiger partial charge on any atom is 0.481 e. The first-order chi connectivity index (χ1) is 16.5. The van der Waals surface area contributed by atoms with Crippen molar-refractivity contribution in [1.29, 1.82) is 0 Å². The summed E-state index contributed by atoms with van der Waals surface area (Å²) in [6.07, 6.45) is 3.08. The van der Waals surface area contributed by atoms with Crippen LogP contribution in [0.5, 0.6) is 5.75 Å². The first-order valence-corrected chi connectivity index (χ1v) is 13.5. The summed E-state index contributed by atoms with van der Waals surface area (Å²) in [6, 6.07) is 14.1. The average Bonchev–Trinajstić information content (AvgIpc) is 2.79. The number of aliphatic hydroxyl groups is 2. The molecule has 12 heteroatoms. The Balaban J connectivity index is 2.60. The van der Waals surface area contributed by atoms with Crippen LogP contribution in [-0.2, 0) is 30.8 Å². The minimum Gasteiger partial charge on any atom is -0.485 e. The molecule has 0 saturated heterocycles. The number of hydrogen-bond donors (Lipinski definition) is 5. The van der Waals surface area contributed by atoms with Gasteiger partial charge >= 0.3 is 15.6 Å². The van der Waals surface area contributed by atoms with Crippen molar-refractivity contribution >= 4 is 15.6 Å². The van der Waals surface area contributed by atoms with Gasteiger partial charge in [-0.25, -0.2) is 9.13 Å². The first kappa shape index (κ1) is 29.1. The van der Waals surface area contributed by atoms with Crippen molar-refractivity contribution in [3.8, 4) is 5.75 Å². The molecule has 0 fully saturated rings. The summed E-state index contributed by atoms with van der Waals surface area (Å²) < 4.78 is 38.2. The zero-order chi connectivity index (χ0) is 26.1. The lowest BCUT2D eigenvalue weighted by Crippen LogP contribution is -2.43. The van der Waals surface area contributed by atoms with Crippen LogP contribution in [0.3, 0.4) is 0 Å². The Hall–Kier alpha value is -2.10. The second-order valence-corrected chi connectivity index (χ2v) is 10.6. The molecule has 2 aromatic rings. The average molecular weight is 528 g/mol. The Morgan fingerprint density at radius 3 is 2.00 bits per heavy atom. The lowest BCUT2D eigenvalue weighted by molar-refractivity contribution is -0.0727. The van der Waals surface area contributed by atoms with Crippen LogP contribution in [0.4, 0.5) is 0 Å². The van der Waals surface area contributed by atoms with Gasteiger partial charge in [-0.3, -0.25) is 4.52 Å². The molecule has 2 atom stereocenters. The van der Waals surface area contributed by atoms with Crippen molar-refractivity contribution in [1.82, 2.24) is 0 Å². The lowest BCUT2D eigenvalue weighted by atomic mass is 9.79. The number of benzene rings is 2. The molecule has 35 heavy (non-hydrogen) atoms. The third-order valence-electron chi connectivity index (χ3n) is 5.19. The van der Waals surface area contributed by atoms with Crippen molar-refractivity contribution in [3.63, 3.8) is 0 Å². The molecule has 0 aliphatic heterocycles. The van der Waals surface area contributed by atoms with Crippen LogP contribution < -0.4 is 4.74 Å². The van der Waals surface area contributed by atoms with E-state index in [2.05, 4.69) is 17.5 Å². The fourth-order valence-electron chi connectivity index (χ4n) is 3.47. The van der Waals surface area contributed by atoms with Crippen molar-refractivity contribution in [2.75, 3.05) is 19.8 Å². The fourth-order valence-corrected chi connectivity index (χ4v) is 5.15. The molecule has 2 unspecified atom stereocenters. The highest BCUT2D eigenvalue weighted by atomic mass is 31.3. The maximum absolute atomic E-state index is 12.1. The molecule has 0 amide bonds. The molecule has 192 valence electrons. The molecule has 10 nitrogen and oxygen atoms in total. The number of aliphatic hydroxyl groups excluding tert-OH is 2. The molecule has 0 spiro atoms. The van der Waals surface area contributed by atoms with Crippen molar-refractivity contribution in [3.05, 3.63) is 90.5 Å². The Bertz CT molecular complexity index is 1090. The SMILES string of the molecule is C=CCc1ccccc1OC(c1ccccc1CC=C)C(CO)(CO)COP(=O)(O)OP(=O)(O)O. The first-order valence-electron chi connectivity index (χ1n) is 10.5. The summed E-state index contributed by atoms with van der Waals surface area (Å²) in [5, 5.41) is 20.8. The minimum atomic E-state index is -5.37. The maximum atomic E-state index is 12.1. The fraction of sp³-hybridized carbons (Fsp3) is 0.304. The molecule has 0 bridgehead atoms. The zero-order valence-corrected chi connectivity index (χ0v) is 20.8. The summed E-state index contributed by atoms with van der Waals surface area (Å²) in [4.78, 5) is 27.6. The van der Waals surface area contributed by atoms with Gasteiger partial charge in [0, 0.05) is 0 Å². The molecular formula is C23H30O10P2. The highest BCUT2D eigenvalue weighted by Crippen LogP contribution is 2.58. The van der Waals surface area contributed by atoms with E-state index in [4.69, 9.17) is 19.0 Å². The van der Waals surface area contributed by atoms with Crippen LogP contribution >= 0.6 is 15.6 Å². The number of phosphoric acid groups is 2. The van der Waals surface area contributed by atoms with Gasteiger partial charge in [-0.2, -0.15) is 4.31 Å². The zero-order valence-electron chi connectivity index (χ0n) is 19.0. The van der Waals surface area contributed by atoms with Gasteiger partial charge in [0.05, 0.1) is 25.2 Å². The van der Waals surface area contributed by atoms with Gasteiger partial charge in [0.15, 0.2) is 0 Å². The summed E-state index contributed by atoms with van der Waals surface area (Å²) in [5.41, 5.74) is 0.307.